The summed E-state index contributed by atoms with van der Waals surface area (Å²) in [5.41, 5.74) is 4.84. The van der Waals surface area contributed by atoms with Crippen molar-refractivity contribution in [3.63, 3.8) is 0 Å². The maximum atomic E-state index is 12.7. The Kier molecular flexibility index (Phi) is 6.83. The Balaban J connectivity index is 1.81. The van der Waals surface area contributed by atoms with Crippen LogP contribution in [-0.4, -0.2) is 36.7 Å². The summed E-state index contributed by atoms with van der Waals surface area (Å²) < 4.78 is 0. The van der Waals surface area contributed by atoms with Crippen molar-refractivity contribution < 1.29 is 9.59 Å². The third-order valence-electron chi connectivity index (χ3n) is 4.24. The maximum Gasteiger partial charge on any atom is 0.282 e. The molecule has 0 aliphatic carbocycles. The highest BCUT2D eigenvalue weighted by molar-refractivity contribution is 6.33. The van der Waals surface area contributed by atoms with Crippen molar-refractivity contribution in [1.82, 2.24) is 5.43 Å². The number of benzene rings is 2. The number of hydrogen-bond donors (Lipinski definition) is 1. The van der Waals surface area contributed by atoms with Crippen LogP contribution in [0.4, 0.5) is 11.4 Å². The lowest BCUT2D eigenvalue weighted by molar-refractivity contribution is -0.117. The molecule has 146 valence electrons. The summed E-state index contributed by atoms with van der Waals surface area (Å²) in [4.78, 5) is 27.0. The lowest BCUT2D eigenvalue weighted by atomic mass is 10.1. The molecule has 0 aromatic heterocycles. The molecule has 2 aromatic carbocycles. The zero-order valence-corrected chi connectivity index (χ0v) is 17.1. The van der Waals surface area contributed by atoms with Crippen LogP contribution in [0, 0.1) is 0 Å². The van der Waals surface area contributed by atoms with Crippen molar-refractivity contribution in [3.8, 4) is 0 Å². The highest BCUT2D eigenvalue weighted by Gasteiger charge is 2.34. The van der Waals surface area contributed by atoms with Gasteiger partial charge in [-0.1, -0.05) is 29.8 Å². The zero-order chi connectivity index (χ0) is 20.1. The van der Waals surface area contributed by atoms with Crippen LogP contribution in [-0.2, 0) is 9.59 Å². The molecule has 1 aliphatic heterocycles. The molecule has 5 nitrogen and oxygen atoms in total. The minimum atomic E-state index is -0.458. The van der Waals surface area contributed by atoms with Gasteiger partial charge >= 0.3 is 0 Å². The normalized spacial score (nSPS) is 15.2. The van der Waals surface area contributed by atoms with E-state index in [0.717, 1.165) is 11.3 Å². The quantitative estimate of drug-likeness (QED) is 0.402. The molecule has 8 heteroatoms. The van der Waals surface area contributed by atoms with Gasteiger partial charge in [-0.15, -0.1) is 23.2 Å². The van der Waals surface area contributed by atoms with E-state index < -0.39 is 11.8 Å². The Morgan fingerprint density at radius 3 is 2.29 bits per heavy atom. The summed E-state index contributed by atoms with van der Waals surface area (Å²) in [6.45, 7) is 1.37. The summed E-state index contributed by atoms with van der Waals surface area (Å²) in [5.74, 6) is 0.107. The molecule has 3 rings (SSSR count). The van der Waals surface area contributed by atoms with E-state index in [1.54, 1.807) is 30.3 Å². The molecule has 1 saturated heterocycles. The van der Waals surface area contributed by atoms with Gasteiger partial charge in [-0.3, -0.25) is 15.0 Å². The molecular formula is C20H18Cl3N3O2. The van der Waals surface area contributed by atoms with Gasteiger partial charge in [-0.05, 0) is 42.0 Å². The molecule has 28 heavy (non-hydrogen) atoms. The second-order valence-electron chi connectivity index (χ2n) is 6.08. The van der Waals surface area contributed by atoms with Crippen molar-refractivity contribution in [3.05, 3.63) is 64.7 Å². The number of nitrogens with one attached hydrogen (secondary N) is 1. The van der Waals surface area contributed by atoms with E-state index in [2.05, 4.69) is 10.3 Å². The van der Waals surface area contributed by atoms with Gasteiger partial charge in [-0.2, -0.15) is 0 Å². The number of anilines is 2. The number of carbonyl (C=O) groups is 2. The standard InChI is InChI=1S/C20H18Cl3N3O2/c21-8-10-25(11-9-22)16-6-4-14(5-7-16)12-18-19(27)24-26(20(18)28)17-3-1-2-15(23)13-17/h1-7,12-13H,8-11H2,(H,24,27)/b18-12-. The van der Waals surface area contributed by atoms with Crippen molar-refractivity contribution in [1.29, 1.82) is 0 Å². The van der Waals surface area contributed by atoms with E-state index in [1.807, 2.05) is 24.3 Å². The number of hydrazine groups is 1. The van der Waals surface area contributed by atoms with Crippen LogP contribution in [0.2, 0.25) is 5.02 Å². The van der Waals surface area contributed by atoms with Crippen LogP contribution >= 0.6 is 34.8 Å². The first-order valence-electron chi connectivity index (χ1n) is 8.63. The number of hydrogen-bond acceptors (Lipinski definition) is 3. The molecular weight excluding hydrogens is 421 g/mol. The van der Waals surface area contributed by atoms with E-state index >= 15 is 0 Å². The summed E-state index contributed by atoms with van der Waals surface area (Å²) in [7, 11) is 0. The third kappa shape index (κ3) is 4.61. The van der Waals surface area contributed by atoms with Crippen LogP contribution in [0.15, 0.2) is 54.1 Å². The van der Waals surface area contributed by atoms with Gasteiger partial charge in [-0.25, -0.2) is 5.01 Å². The van der Waals surface area contributed by atoms with Crippen LogP contribution in [0.25, 0.3) is 6.08 Å². The van der Waals surface area contributed by atoms with Gasteiger partial charge in [0.15, 0.2) is 0 Å². The minimum Gasteiger partial charge on any atom is -0.369 e. The van der Waals surface area contributed by atoms with E-state index in [-0.39, 0.29) is 5.57 Å². The van der Waals surface area contributed by atoms with Crippen LogP contribution in [0.5, 0.6) is 0 Å². The summed E-state index contributed by atoms with van der Waals surface area (Å²) in [6.07, 6.45) is 1.57. The Morgan fingerprint density at radius 2 is 1.68 bits per heavy atom. The highest BCUT2D eigenvalue weighted by atomic mass is 35.5. The van der Waals surface area contributed by atoms with Crippen LogP contribution < -0.4 is 15.3 Å². The molecule has 0 unspecified atom stereocenters. The molecule has 0 spiro atoms. The third-order valence-corrected chi connectivity index (χ3v) is 4.81. The second-order valence-corrected chi connectivity index (χ2v) is 7.27. The monoisotopic (exact) mass is 437 g/mol. The smallest absolute Gasteiger partial charge is 0.282 e. The molecule has 0 radical (unpaired) electrons. The fourth-order valence-corrected chi connectivity index (χ4v) is 3.47. The first-order valence-corrected chi connectivity index (χ1v) is 10.1. The molecule has 0 bridgehead atoms. The molecule has 1 aliphatic rings. The Hall–Kier alpha value is -2.21. The number of nitrogens with zero attached hydrogens (tertiary/aromatic N) is 2. The highest BCUT2D eigenvalue weighted by Crippen LogP contribution is 2.24. The number of amides is 2. The second kappa shape index (κ2) is 9.32. The largest absolute Gasteiger partial charge is 0.369 e. The van der Waals surface area contributed by atoms with E-state index in [0.29, 0.717) is 35.6 Å². The fraction of sp³-hybridized carbons (Fsp3) is 0.200. The summed E-state index contributed by atoms with van der Waals surface area (Å²) in [5, 5.41) is 1.67. The Morgan fingerprint density at radius 1 is 1.00 bits per heavy atom. The van der Waals surface area contributed by atoms with Gasteiger partial charge in [0.2, 0.25) is 0 Å². The molecule has 0 saturated carbocycles. The van der Waals surface area contributed by atoms with Crippen molar-refractivity contribution in [2.45, 2.75) is 0 Å². The van der Waals surface area contributed by atoms with Crippen molar-refractivity contribution in [2.24, 2.45) is 0 Å². The lowest BCUT2D eigenvalue weighted by Crippen LogP contribution is -2.35. The molecule has 2 amide bonds. The van der Waals surface area contributed by atoms with Crippen molar-refractivity contribution >= 4 is 64.1 Å². The first kappa shape index (κ1) is 20.5. The molecule has 1 N–H and O–H groups in total. The average Bonchev–Trinajstić information content (AvgIpc) is 2.97. The Labute approximate surface area is 178 Å². The topological polar surface area (TPSA) is 52.7 Å². The predicted molar refractivity (Wildman–Crippen MR) is 115 cm³/mol. The van der Waals surface area contributed by atoms with Gasteiger partial charge < -0.3 is 4.90 Å². The average molecular weight is 439 g/mol. The molecule has 0 atom stereocenters. The van der Waals surface area contributed by atoms with Gasteiger partial charge in [0.25, 0.3) is 11.8 Å². The molecule has 1 fully saturated rings. The number of alkyl halides is 2. The molecule has 2 aromatic rings. The van der Waals surface area contributed by atoms with Gasteiger partial charge in [0.05, 0.1) is 5.69 Å². The van der Waals surface area contributed by atoms with E-state index in [9.17, 15) is 9.59 Å². The zero-order valence-electron chi connectivity index (χ0n) is 14.9. The van der Waals surface area contributed by atoms with Crippen molar-refractivity contribution in [2.75, 3.05) is 34.8 Å². The SMILES string of the molecule is O=C1NN(c2cccc(Cl)c2)C(=O)/C1=C\c1ccc(N(CCCl)CCCl)cc1. The van der Waals surface area contributed by atoms with Crippen LogP contribution in [0.3, 0.4) is 0 Å². The fourth-order valence-electron chi connectivity index (χ4n) is 2.88. The minimum absolute atomic E-state index is 0.0612. The molecule has 1 heterocycles. The number of rotatable bonds is 7. The lowest BCUT2D eigenvalue weighted by Gasteiger charge is -2.22. The number of halogens is 3. The first-order chi connectivity index (χ1) is 13.5. The van der Waals surface area contributed by atoms with E-state index in [4.69, 9.17) is 34.8 Å². The van der Waals surface area contributed by atoms with Crippen LogP contribution in [0.1, 0.15) is 5.56 Å². The van der Waals surface area contributed by atoms with E-state index in [1.165, 1.54) is 5.01 Å². The number of carbonyl (C=O) groups excluding carboxylic acids is 2. The summed E-state index contributed by atoms with van der Waals surface area (Å²) in [6, 6.07) is 14.2. The maximum absolute atomic E-state index is 12.7. The Bertz CT molecular complexity index is 894. The van der Waals surface area contributed by atoms with Gasteiger partial charge in [0.1, 0.15) is 5.57 Å². The predicted octanol–water partition coefficient (Wildman–Crippen LogP) is 4.09. The summed E-state index contributed by atoms with van der Waals surface area (Å²) >= 11 is 17.7. The van der Waals surface area contributed by atoms with Gasteiger partial charge in [0, 0.05) is 35.6 Å².